The van der Waals surface area contributed by atoms with Crippen molar-refractivity contribution in [1.29, 1.82) is 0 Å². The molecule has 1 aromatic heterocycles. The normalized spacial score (nSPS) is 15.7. The summed E-state index contributed by atoms with van der Waals surface area (Å²) in [5.41, 5.74) is 2.46. The van der Waals surface area contributed by atoms with Gasteiger partial charge in [-0.2, -0.15) is 5.10 Å². The summed E-state index contributed by atoms with van der Waals surface area (Å²) >= 11 is 6.27. The number of benzene rings is 1. The maximum atomic E-state index is 10.9. The fourth-order valence-electron chi connectivity index (χ4n) is 2.87. The largest absolute Gasteiger partial charge is 0.481 e. The number of aliphatic carboxylic acids is 1. The molecule has 1 fully saturated rings. The molecular formula is C17H19ClN2O3. The van der Waals surface area contributed by atoms with Gasteiger partial charge in [-0.3, -0.25) is 9.48 Å². The number of carbonyl (C=O) groups is 1. The molecule has 0 atom stereocenters. The smallest absolute Gasteiger partial charge is 0.307 e. The van der Waals surface area contributed by atoms with Crippen LogP contribution in [0.4, 0.5) is 0 Å². The number of rotatable bonds is 5. The lowest BCUT2D eigenvalue weighted by Crippen LogP contribution is -2.20. The van der Waals surface area contributed by atoms with Gasteiger partial charge in [-0.1, -0.05) is 17.7 Å². The van der Waals surface area contributed by atoms with E-state index >= 15 is 0 Å². The highest BCUT2D eigenvalue weighted by atomic mass is 35.5. The summed E-state index contributed by atoms with van der Waals surface area (Å²) in [4.78, 5) is 10.9. The molecule has 1 aliphatic rings. The maximum absolute atomic E-state index is 10.9. The van der Waals surface area contributed by atoms with E-state index in [9.17, 15) is 4.79 Å². The topological polar surface area (TPSA) is 64.3 Å². The summed E-state index contributed by atoms with van der Waals surface area (Å²) in [6.45, 7) is 2.51. The fraction of sp³-hybridized carbons (Fsp3) is 0.412. The number of hydrogen-bond donors (Lipinski definition) is 1. The van der Waals surface area contributed by atoms with Gasteiger partial charge in [-0.05, 0) is 36.5 Å². The van der Waals surface area contributed by atoms with E-state index in [1.165, 1.54) is 0 Å². The molecule has 3 rings (SSSR count). The Morgan fingerprint density at radius 2 is 2.17 bits per heavy atom. The Balaban J connectivity index is 1.77. The third kappa shape index (κ3) is 4.12. The predicted octanol–water partition coefficient (Wildman–Crippen LogP) is 3.26. The molecule has 0 saturated carbocycles. The standard InChI is InChI=1S/C17H19ClN2O3/c18-16-2-1-13(8-17(21)22)7-15(16)14-9-19-20(11-14)10-12-3-5-23-6-4-12/h1-2,7,9,11-12H,3-6,8,10H2,(H,21,22). The Kier molecular flexibility index (Phi) is 4.98. The van der Waals surface area contributed by atoms with Crippen molar-refractivity contribution >= 4 is 17.6 Å². The van der Waals surface area contributed by atoms with E-state index in [0.29, 0.717) is 10.9 Å². The van der Waals surface area contributed by atoms with Gasteiger partial charge in [0, 0.05) is 42.1 Å². The lowest BCUT2D eigenvalue weighted by Gasteiger charge is -2.21. The minimum atomic E-state index is -0.853. The number of ether oxygens (including phenoxy) is 1. The highest BCUT2D eigenvalue weighted by molar-refractivity contribution is 6.33. The van der Waals surface area contributed by atoms with E-state index in [2.05, 4.69) is 5.10 Å². The second-order valence-electron chi connectivity index (χ2n) is 5.89. The van der Waals surface area contributed by atoms with Crippen LogP contribution in [0.5, 0.6) is 0 Å². The molecule has 0 unspecified atom stereocenters. The van der Waals surface area contributed by atoms with Gasteiger partial charge in [0.25, 0.3) is 0 Å². The van der Waals surface area contributed by atoms with Gasteiger partial charge in [0.1, 0.15) is 0 Å². The molecule has 2 aromatic rings. The highest BCUT2D eigenvalue weighted by Gasteiger charge is 2.15. The van der Waals surface area contributed by atoms with Gasteiger partial charge in [0.05, 0.1) is 12.6 Å². The van der Waals surface area contributed by atoms with Crippen LogP contribution < -0.4 is 0 Å². The molecule has 0 amide bonds. The minimum Gasteiger partial charge on any atom is -0.481 e. The Labute approximate surface area is 139 Å². The monoisotopic (exact) mass is 334 g/mol. The van der Waals surface area contributed by atoms with Crippen molar-refractivity contribution < 1.29 is 14.6 Å². The maximum Gasteiger partial charge on any atom is 0.307 e. The van der Waals surface area contributed by atoms with E-state index in [4.69, 9.17) is 21.4 Å². The molecule has 0 spiro atoms. The second-order valence-corrected chi connectivity index (χ2v) is 6.30. The van der Waals surface area contributed by atoms with Gasteiger partial charge >= 0.3 is 5.97 Å². The van der Waals surface area contributed by atoms with Crippen LogP contribution in [0.3, 0.4) is 0 Å². The quantitative estimate of drug-likeness (QED) is 0.911. The predicted molar refractivity (Wildman–Crippen MR) is 87.6 cm³/mol. The van der Waals surface area contributed by atoms with Crippen molar-refractivity contribution in [3.8, 4) is 11.1 Å². The van der Waals surface area contributed by atoms with Crippen LogP contribution in [-0.4, -0.2) is 34.1 Å². The molecule has 1 saturated heterocycles. The van der Waals surface area contributed by atoms with Crippen LogP contribution in [0.15, 0.2) is 30.6 Å². The van der Waals surface area contributed by atoms with E-state index in [1.54, 1.807) is 18.3 Å². The van der Waals surface area contributed by atoms with Crippen molar-refractivity contribution in [1.82, 2.24) is 9.78 Å². The first-order valence-corrected chi connectivity index (χ1v) is 8.10. The summed E-state index contributed by atoms with van der Waals surface area (Å²) in [5, 5.41) is 13.9. The number of hydrogen-bond acceptors (Lipinski definition) is 3. The molecule has 2 heterocycles. The van der Waals surface area contributed by atoms with Crippen molar-refractivity contribution in [2.75, 3.05) is 13.2 Å². The van der Waals surface area contributed by atoms with Crippen LogP contribution in [0, 0.1) is 5.92 Å². The molecule has 1 aliphatic heterocycles. The van der Waals surface area contributed by atoms with Crippen LogP contribution in [0.2, 0.25) is 5.02 Å². The van der Waals surface area contributed by atoms with Crippen molar-refractivity contribution in [2.45, 2.75) is 25.8 Å². The van der Waals surface area contributed by atoms with Gasteiger partial charge < -0.3 is 9.84 Å². The molecule has 1 N–H and O–H groups in total. The highest BCUT2D eigenvalue weighted by Crippen LogP contribution is 2.29. The van der Waals surface area contributed by atoms with Crippen molar-refractivity contribution in [3.05, 3.63) is 41.2 Å². The zero-order chi connectivity index (χ0) is 16.2. The first-order chi connectivity index (χ1) is 11.1. The van der Waals surface area contributed by atoms with E-state index < -0.39 is 5.97 Å². The number of halogens is 1. The van der Waals surface area contributed by atoms with Crippen LogP contribution in [-0.2, 0) is 22.5 Å². The van der Waals surface area contributed by atoms with E-state index in [-0.39, 0.29) is 6.42 Å². The molecule has 1 aromatic carbocycles. The summed E-state index contributed by atoms with van der Waals surface area (Å²) in [7, 11) is 0. The lowest BCUT2D eigenvalue weighted by molar-refractivity contribution is -0.136. The van der Waals surface area contributed by atoms with Crippen molar-refractivity contribution in [3.63, 3.8) is 0 Å². The molecule has 0 radical (unpaired) electrons. The Hall–Kier alpha value is -1.85. The number of carboxylic acid groups (broad SMARTS) is 1. The third-order valence-electron chi connectivity index (χ3n) is 4.12. The van der Waals surface area contributed by atoms with Crippen molar-refractivity contribution in [2.24, 2.45) is 5.92 Å². The van der Waals surface area contributed by atoms with Gasteiger partial charge in [-0.25, -0.2) is 0 Å². The Bertz CT molecular complexity index is 693. The lowest BCUT2D eigenvalue weighted by atomic mass is 10.0. The average molecular weight is 335 g/mol. The second kappa shape index (κ2) is 7.15. The zero-order valence-electron chi connectivity index (χ0n) is 12.7. The first kappa shape index (κ1) is 16.0. The molecule has 23 heavy (non-hydrogen) atoms. The molecule has 5 nitrogen and oxygen atoms in total. The third-order valence-corrected chi connectivity index (χ3v) is 4.45. The van der Waals surface area contributed by atoms with Gasteiger partial charge in [-0.15, -0.1) is 0 Å². The number of aromatic nitrogens is 2. The Morgan fingerprint density at radius 1 is 1.39 bits per heavy atom. The first-order valence-electron chi connectivity index (χ1n) is 7.72. The minimum absolute atomic E-state index is 0.0135. The zero-order valence-corrected chi connectivity index (χ0v) is 13.5. The summed E-state index contributed by atoms with van der Waals surface area (Å²) in [6.07, 6.45) is 5.86. The number of nitrogens with zero attached hydrogens (tertiary/aromatic N) is 2. The molecule has 6 heteroatoms. The van der Waals surface area contributed by atoms with Crippen LogP contribution in [0.1, 0.15) is 18.4 Å². The van der Waals surface area contributed by atoms with Crippen LogP contribution in [0.25, 0.3) is 11.1 Å². The SMILES string of the molecule is O=C(O)Cc1ccc(Cl)c(-c2cnn(CC3CCOCC3)c2)c1. The summed E-state index contributed by atoms with van der Waals surface area (Å²) < 4.78 is 7.31. The molecular weight excluding hydrogens is 316 g/mol. The fourth-order valence-corrected chi connectivity index (χ4v) is 3.10. The molecule has 122 valence electrons. The molecule has 0 bridgehead atoms. The molecule has 0 aliphatic carbocycles. The summed E-state index contributed by atoms with van der Waals surface area (Å²) in [5.74, 6) is -0.265. The Morgan fingerprint density at radius 3 is 2.91 bits per heavy atom. The summed E-state index contributed by atoms with van der Waals surface area (Å²) in [6, 6.07) is 5.31. The van der Waals surface area contributed by atoms with E-state index in [1.807, 2.05) is 16.9 Å². The van der Waals surface area contributed by atoms with Gasteiger partial charge in [0.2, 0.25) is 0 Å². The number of carboxylic acids is 1. The average Bonchev–Trinajstić information content (AvgIpc) is 2.98. The van der Waals surface area contributed by atoms with Crippen LogP contribution >= 0.6 is 11.6 Å². The van der Waals surface area contributed by atoms with E-state index in [0.717, 1.165) is 49.3 Å². The van der Waals surface area contributed by atoms with Gasteiger partial charge in [0.15, 0.2) is 0 Å².